The Morgan fingerprint density at radius 1 is 1.18 bits per heavy atom. The summed E-state index contributed by atoms with van der Waals surface area (Å²) in [7, 11) is 0. The molecule has 0 saturated carbocycles. The van der Waals surface area contributed by atoms with Gasteiger partial charge in [-0.15, -0.1) is 0 Å². The minimum atomic E-state index is -1.22. The fourth-order valence-electron chi connectivity index (χ4n) is 2.78. The van der Waals surface area contributed by atoms with Crippen molar-refractivity contribution in [3.63, 3.8) is 0 Å². The van der Waals surface area contributed by atoms with E-state index in [0.717, 1.165) is 4.90 Å². The number of carbonyl (C=O) groups excluding carboxylic acids is 3. The number of likely N-dealkylation sites (tertiary alicyclic amines) is 1. The number of nitrogens with two attached hydrogens (primary N) is 1. The highest BCUT2D eigenvalue weighted by Crippen LogP contribution is 2.19. The van der Waals surface area contributed by atoms with Gasteiger partial charge in [-0.05, 0) is 26.2 Å². The molecule has 158 valence electrons. The van der Waals surface area contributed by atoms with E-state index in [4.69, 9.17) is 10.8 Å². The Bertz CT molecular complexity index is 630. The van der Waals surface area contributed by atoms with Crippen LogP contribution in [0.4, 0.5) is 0 Å². The van der Waals surface area contributed by atoms with Crippen molar-refractivity contribution in [2.45, 2.75) is 56.8 Å². The van der Waals surface area contributed by atoms with E-state index in [-0.39, 0.29) is 25.1 Å². The standard InChI is InChI=1S/C16H26N4O7S/c1-8(18-14(24)9(17)7-28)13(23)19-10(4-5-12(21)22)15(25)20-6-2-3-11(20)16(26)27/h8-11,28H,2-7,17H2,1H3,(H,18,24)(H,19,23)(H,21,22)(H,26,27). The highest BCUT2D eigenvalue weighted by molar-refractivity contribution is 7.80. The molecule has 6 N–H and O–H groups in total. The van der Waals surface area contributed by atoms with Crippen molar-refractivity contribution >= 4 is 42.3 Å². The lowest BCUT2D eigenvalue weighted by molar-refractivity contribution is -0.150. The average molecular weight is 418 g/mol. The van der Waals surface area contributed by atoms with Gasteiger partial charge in [0.05, 0.1) is 6.04 Å². The molecule has 1 aliphatic rings. The maximum atomic E-state index is 12.7. The number of carboxylic acids is 2. The van der Waals surface area contributed by atoms with Gasteiger partial charge in [0, 0.05) is 18.7 Å². The summed E-state index contributed by atoms with van der Waals surface area (Å²) in [5.74, 6) is -4.22. The summed E-state index contributed by atoms with van der Waals surface area (Å²) in [5, 5.41) is 22.9. The van der Waals surface area contributed by atoms with Crippen LogP contribution < -0.4 is 16.4 Å². The van der Waals surface area contributed by atoms with Crippen molar-refractivity contribution in [3.05, 3.63) is 0 Å². The van der Waals surface area contributed by atoms with Crippen molar-refractivity contribution in [1.29, 1.82) is 0 Å². The summed E-state index contributed by atoms with van der Waals surface area (Å²) in [6, 6.07) is -4.18. The van der Waals surface area contributed by atoms with Gasteiger partial charge in [0.2, 0.25) is 17.7 Å². The summed E-state index contributed by atoms with van der Waals surface area (Å²) in [5.41, 5.74) is 5.52. The highest BCUT2D eigenvalue weighted by atomic mass is 32.1. The van der Waals surface area contributed by atoms with Crippen LogP contribution in [0.25, 0.3) is 0 Å². The number of aliphatic carboxylic acids is 2. The summed E-state index contributed by atoms with van der Waals surface area (Å²) < 4.78 is 0. The molecule has 4 atom stereocenters. The largest absolute Gasteiger partial charge is 0.481 e. The van der Waals surface area contributed by atoms with Crippen molar-refractivity contribution in [1.82, 2.24) is 15.5 Å². The van der Waals surface area contributed by atoms with E-state index in [0.29, 0.717) is 6.42 Å². The highest BCUT2D eigenvalue weighted by Gasteiger charge is 2.38. The van der Waals surface area contributed by atoms with Gasteiger partial charge in [-0.3, -0.25) is 19.2 Å². The van der Waals surface area contributed by atoms with E-state index in [9.17, 15) is 29.1 Å². The summed E-state index contributed by atoms with van der Waals surface area (Å²) in [4.78, 5) is 60.2. The van der Waals surface area contributed by atoms with Crippen LogP contribution in [0.1, 0.15) is 32.6 Å². The zero-order valence-corrected chi connectivity index (χ0v) is 16.4. The Hall–Kier alpha value is -2.34. The fraction of sp³-hybridized carbons (Fsp3) is 0.688. The Labute approximate surface area is 167 Å². The van der Waals surface area contributed by atoms with Crippen LogP contribution in [0, 0.1) is 0 Å². The minimum Gasteiger partial charge on any atom is -0.481 e. The van der Waals surface area contributed by atoms with Gasteiger partial charge in [-0.1, -0.05) is 0 Å². The van der Waals surface area contributed by atoms with Crippen LogP contribution in [0.3, 0.4) is 0 Å². The minimum absolute atomic E-state index is 0.0748. The van der Waals surface area contributed by atoms with E-state index in [1.165, 1.54) is 6.92 Å². The third-order valence-electron chi connectivity index (χ3n) is 4.37. The number of amides is 3. The molecule has 0 aromatic heterocycles. The molecule has 1 heterocycles. The molecule has 3 amide bonds. The first-order chi connectivity index (χ1) is 13.1. The molecule has 28 heavy (non-hydrogen) atoms. The molecule has 0 aromatic rings. The second kappa shape index (κ2) is 10.9. The van der Waals surface area contributed by atoms with E-state index >= 15 is 0 Å². The summed E-state index contributed by atoms with van der Waals surface area (Å²) in [6.07, 6.45) is 0.179. The van der Waals surface area contributed by atoms with E-state index < -0.39 is 60.2 Å². The quantitative estimate of drug-likeness (QED) is 0.224. The second-order valence-electron chi connectivity index (χ2n) is 6.54. The summed E-state index contributed by atoms with van der Waals surface area (Å²) >= 11 is 3.89. The molecule has 0 aliphatic carbocycles. The molecule has 0 aromatic carbocycles. The van der Waals surface area contributed by atoms with Gasteiger partial charge in [0.15, 0.2) is 0 Å². The topological polar surface area (TPSA) is 179 Å². The zero-order chi connectivity index (χ0) is 21.4. The number of nitrogens with zero attached hydrogens (tertiary/aromatic N) is 1. The monoisotopic (exact) mass is 418 g/mol. The smallest absolute Gasteiger partial charge is 0.326 e. The van der Waals surface area contributed by atoms with Crippen LogP contribution in [0.15, 0.2) is 0 Å². The molecule has 0 bridgehead atoms. The van der Waals surface area contributed by atoms with E-state index in [1.54, 1.807) is 0 Å². The molecular formula is C16H26N4O7S. The van der Waals surface area contributed by atoms with Gasteiger partial charge >= 0.3 is 11.9 Å². The molecule has 1 saturated heterocycles. The third kappa shape index (κ3) is 6.68. The lowest BCUT2D eigenvalue weighted by atomic mass is 10.1. The van der Waals surface area contributed by atoms with Crippen LogP contribution in [-0.4, -0.2) is 81.2 Å². The molecule has 12 heteroatoms. The van der Waals surface area contributed by atoms with Gasteiger partial charge in [0.25, 0.3) is 0 Å². The molecule has 11 nitrogen and oxygen atoms in total. The first-order valence-corrected chi connectivity index (χ1v) is 9.44. The molecule has 0 spiro atoms. The van der Waals surface area contributed by atoms with Crippen LogP contribution in [0.2, 0.25) is 0 Å². The van der Waals surface area contributed by atoms with Gasteiger partial charge in [-0.25, -0.2) is 4.79 Å². The van der Waals surface area contributed by atoms with Crippen molar-refractivity contribution in [2.75, 3.05) is 12.3 Å². The Kier molecular flexibility index (Phi) is 9.19. The molecule has 1 fully saturated rings. The Morgan fingerprint density at radius 3 is 2.36 bits per heavy atom. The van der Waals surface area contributed by atoms with Crippen molar-refractivity contribution in [3.8, 4) is 0 Å². The first-order valence-electron chi connectivity index (χ1n) is 8.80. The van der Waals surface area contributed by atoms with Gasteiger partial charge in [0.1, 0.15) is 18.1 Å². The predicted octanol–water partition coefficient (Wildman–Crippen LogP) is -1.83. The number of nitrogens with one attached hydrogen (secondary N) is 2. The van der Waals surface area contributed by atoms with Crippen LogP contribution in [0.5, 0.6) is 0 Å². The molecule has 0 radical (unpaired) electrons. The number of hydrogen-bond acceptors (Lipinski definition) is 7. The lowest BCUT2D eigenvalue weighted by Gasteiger charge is -2.28. The Morgan fingerprint density at radius 2 is 1.82 bits per heavy atom. The number of carbonyl (C=O) groups is 5. The first kappa shape index (κ1) is 23.7. The molecular weight excluding hydrogens is 392 g/mol. The Balaban J connectivity index is 2.84. The SMILES string of the molecule is CC(NC(=O)C(N)CS)C(=O)NC(CCC(=O)O)C(=O)N1CCCC1C(=O)O. The average Bonchev–Trinajstić information content (AvgIpc) is 3.13. The molecule has 1 rings (SSSR count). The van der Waals surface area contributed by atoms with Crippen molar-refractivity contribution < 1.29 is 34.2 Å². The van der Waals surface area contributed by atoms with Gasteiger partial charge in [-0.2, -0.15) is 12.6 Å². The lowest BCUT2D eigenvalue weighted by Crippen LogP contribution is -2.56. The van der Waals surface area contributed by atoms with Crippen molar-refractivity contribution in [2.24, 2.45) is 5.73 Å². The number of carboxylic acid groups (broad SMARTS) is 2. The molecule has 1 aliphatic heterocycles. The maximum absolute atomic E-state index is 12.7. The second-order valence-corrected chi connectivity index (χ2v) is 6.91. The summed E-state index contributed by atoms with van der Waals surface area (Å²) in [6.45, 7) is 1.59. The zero-order valence-electron chi connectivity index (χ0n) is 15.5. The number of thiol groups is 1. The number of rotatable bonds is 10. The third-order valence-corrected chi connectivity index (χ3v) is 4.76. The predicted molar refractivity (Wildman–Crippen MR) is 101 cm³/mol. The van der Waals surface area contributed by atoms with Crippen LogP contribution >= 0.6 is 12.6 Å². The van der Waals surface area contributed by atoms with E-state index in [1.807, 2.05) is 0 Å². The molecule has 4 unspecified atom stereocenters. The number of hydrogen-bond donors (Lipinski definition) is 6. The van der Waals surface area contributed by atoms with E-state index in [2.05, 4.69) is 23.3 Å². The maximum Gasteiger partial charge on any atom is 0.326 e. The van der Waals surface area contributed by atoms with Crippen LogP contribution in [-0.2, 0) is 24.0 Å². The fourth-order valence-corrected chi connectivity index (χ4v) is 2.94. The van der Waals surface area contributed by atoms with Gasteiger partial charge < -0.3 is 31.5 Å². The normalized spacial score (nSPS) is 19.4.